The van der Waals surface area contributed by atoms with Crippen LogP contribution in [-0.2, 0) is 26.2 Å². The molecule has 0 aliphatic rings. The molecule has 0 aromatic heterocycles. The molecule has 2 amide bonds. The highest BCUT2D eigenvalue weighted by molar-refractivity contribution is 7.92. The Balaban J connectivity index is 2.21. The van der Waals surface area contributed by atoms with Gasteiger partial charge in [-0.3, -0.25) is 13.9 Å². The quantitative estimate of drug-likeness (QED) is 0.419. The van der Waals surface area contributed by atoms with E-state index in [1.165, 1.54) is 4.31 Å². The van der Waals surface area contributed by atoms with Gasteiger partial charge in [0.15, 0.2) is 0 Å². The molecule has 0 heterocycles. The predicted octanol–water partition coefficient (Wildman–Crippen LogP) is 4.53. The SMILES string of the molecule is CCCNC(=O)[C@H](CC)N(Cc1ccccc1)C(=O)CCCN(c1cc(Cl)ccc1C)S(C)(=O)=O. The van der Waals surface area contributed by atoms with E-state index in [9.17, 15) is 18.0 Å². The monoisotopic (exact) mass is 521 g/mol. The van der Waals surface area contributed by atoms with Crippen LogP contribution in [0.25, 0.3) is 0 Å². The topological polar surface area (TPSA) is 86.8 Å². The van der Waals surface area contributed by atoms with Crippen LogP contribution in [0.4, 0.5) is 5.69 Å². The standard InChI is InChI=1S/C26H36ClN3O4S/c1-5-16-28-26(32)23(6-2)29(19-21-11-8-7-9-12-21)25(31)13-10-17-30(35(4,33)34)24-18-22(27)15-14-20(24)3/h7-9,11-12,14-15,18,23H,5-6,10,13,16-17,19H2,1-4H3,(H,28,32)/t23-/m0/s1. The van der Waals surface area contributed by atoms with Crippen LogP contribution in [-0.4, -0.2) is 50.5 Å². The zero-order chi connectivity index (χ0) is 26.0. The molecular formula is C26H36ClN3O4S. The first-order valence-electron chi connectivity index (χ1n) is 11.9. The van der Waals surface area contributed by atoms with Crippen LogP contribution < -0.4 is 9.62 Å². The zero-order valence-corrected chi connectivity index (χ0v) is 22.5. The first-order chi connectivity index (χ1) is 16.6. The Morgan fingerprint density at radius 3 is 2.37 bits per heavy atom. The minimum atomic E-state index is -3.58. The molecule has 0 bridgehead atoms. The van der Waals surface area contributed by atoms with Crippen LogP contribution in [0.1, 0.15) is 50.7 Å². The summed E-state index contributed by atoms with van der Waals surface area (Å²) in [5.41, 5.74) is 2.20. The maximum absolute atomic E-state index is 13.4. The number of hydrogen-bond donors (Lipinski definition) is 1. The summed E-state index contributed by atoms with van der Waals surface area (Å²) in [5, 5.41) is 3.34. The minimum Gasteiger partial charge on any atom is -0.354 e. The lowest BCUT2D eigenvalue weighted by atomic mass is 10.1. The lowest BCUT2D eigenvalue weighted by molar-refractivity contribution is -0.141. The lowest BCUT2D eigenvalue weighted by Gasteiger charge is -2.31. The van der Waals surface area contributed by atoms with Gasteiger partial charge >= 0.3 is 0 Å². The van der Waals surface area contributed by atoms with Crippen molar-refractivity contribution in [3.05, 3.63) is 64.7 Å². The van der Waals surface area contributed by atoms with Crippen LogP contribution in [0.2, 0.25) is 5.02 Å². The molecule has 0 unspecified atom stereocenters. The molecule has 7 nitrogen and oxygen atoms in total. The van der Waals surface area contributed by atoms with Gasteiger partial charge in [-0.1, -0.05) is 61.8 Å². The van der Waals surface area contributed by atoms with Gasteiger partial charge in [0.25, 0.3) is 0 Å². The molecule has 0 saturated carbocycles. The van der Waals surface area contributed by atoms with Gasteiger partial charge in [-0.05, 0) is 49.4 Å². The Labute approximate surface area is 214 Å². The highest BCUT2D eigenvalue weighted by Crippen LogP contribution is 2.27. The smallest absolute Gasteiger partial charge is 0.242 e. The van der Waals surface area contributed by atoms with Gasteiger partial charge in [0.05, 0.1) is 11.9 Å². The van der Waals surface area contributed by atoms with E-state index in [0.29, 0.717) is 36.6 Å². The largest absolute Gasteiger partial charge is 0.354 e. The maximum atomic E-state index is 13.4. The maximum Gasteiger partial charge on any atom is 0.242 e. The highest BCUT2D eigenvalue weighted by atomic mass is 35.5. The fraction of sp³-hybridized carbons (Fsp3) is 0.462. The number of hydrogen-bond acceptors (Lipinski definition) is 4. The van der Waals surface area contributed by atoms with E-state index in [1.807, 2.05) is 51.1 Å². The first kappa shape index (κ1) is 28.7. The number of carbonyl (C=O) groups excluding carboxylic acids is 2. The molecule has 192 valence electrons. The van der Waals surface area contributed by atoms with E-state index in [1.54, 1.807) is 23.1 Å². The fourth-order valence-electron chi connectivity index (χ4n) is 3.90. The van der Waals surface area contributed by atoms with Gasteiger partial charge in [-0.25, -0.2) is 8.42 Å². The predicted molar refractivity (Wildman–Crippen MR) is 142 cm³/mol. The number of carbonyl (C=O) groups is 2. The molecule has 2 aromatic carbocycles. The number of nitrogens with one attached hydrogen (secondary N) is 1. The van der Waals surface area contributed by atoms with Gasteiger partial charge in [0.1, 0.15) is 6.04 Å². The third kappa shape index (κ3) is 8.54. The van der Waals surface area contributed by atoms with Crippen molar-refractivity contribution >= 4 is 39.1 Å². The highest BCUT2D eigenvalue weighted by Gasteiger charge is 2.28. The average molecular weight is 522 g/mol. The molecule has 0 spiro atoms. The van der Waals surface area contributed by atoms with Gasteiger partial charge in [0, 0.05) is 31.1 Å². The third-order valence-corrected chi connectivity index (χ3v) is 7.14. The van der Waals surface area contributed by atoms with E-state index in [4.69, 9.17) is 11.6 Å². The summed E-state index contributed by atoms with van der Waals surface area (Å²) in [7, 11) is -3.58. The average Bonchev–Trinajstić information content (AvgIpc) is 2.81. The van der Waals surface area contributed by atoms with Crippen molar-refractivity contribution in [1.29, 1.82) is 0 Å². The summed E-state index contributed by atoms with van der Waals surface area (Å²) in [5.74, 6) is -0.366. The number of benzene rings is 2. The molecule has 0 radical (unpaired) electrons. The van der Waals surface area contributed by atoms with E-state index in [0.717, 1.165) is 23.8 Å². The summed E-state index contributed by atoms with van der Waals surface area (Å²) < 4.78 is 26.3. The Morgan fingerprint density at radius 1 is 1.09 bits per heavy atom. The van der Waals surface area contributed by atoms with Crippen LogP contribution in [0.3, 0.4) is 0 Å². The molecule has 0 fully saturated rings. The van der Waals surface area contributed by atoms with Crippen molar-refractivity contribution < 1.29 is 18.0 Å². The number of aryl methyl sites for hydroxylation is 1. The normalized spacial score (nSPS) is 12.1. The molecule has 1 atom stereocenters. The first-order valence-corrected chi connectivity index (χ1v) is 14.2. The second-order valence-corrected chi connectivity index (χ2v) is 10.9. The van der Waals surface area contributed by atoms with Gasteiger partial charge in [0.2, 0.25) is 21.8 Å². The number of anilines is 1. The van der Waals surface area contributed by atoms with Crippen molar-refractivity contribution in [3.63, 3.8) is 0 Å². The summed E-state index contributed by atoms with van der Waals surface area (Å²) in [6, 6.07) is 14.0. The minimum absolute atomic E-state index is 0.107. The number of rotatable bonds is 13. The number of nitrogens with zero attached hydrogens (tertiary/aromatic N) is 2. The van der Waals surface area contributed by atoms with E-state index < -0.39 is 16.1 Å². The molecule has 9 heteroatoms. The molecule has 0 saturated heterocycles. The second-order valence-electron chi connectivity index (χ2n) is 8.59. The van der Waals surface area contributed by atoms with Gasteiger partial charge < -0.3 is 10.2 Å². The van der Waals surface area contributed by atoms with Crippen molar-refractivity contribution in [2.75, 3.05) is 23.7 Å². The van der Waals surface area contributed by atoms with Crippen molar-refractivity contribution in [2.45, 2.75) is 59.0 Å². The molecule has 1 N–H and O–H groups in total. The van der Waals surface area contributed by atoms with Crippen LogP contribution in [0, 0.1) is 6.92 Å². The van der Waals surface area contributed by atoms with Crippen molar-refractivity contribution in [1.82, 2.24) is 10.2 Å². The molecule has 0 aliphatic carbocycles. The van der Waals surface area contributed by atoms with Crippen molar-refractivity contribution in [2.24, 2.45) is 0 Å². The van der Waals surface area contributed by atoms with Crippen LogP contribution in [0.15, 0.2) is 48.5 Å². The van der Waals surface area contributed by atoms with Gasteiger partial charge in [-0.2, -0.15) is 0 Å². The lowest BCUT2D eigenvalue weighted by Crippen LogP contribution is -2.49. The van der Waals surface area contributed by atoms with Crippen molar-refractivity contribution in [3.8, 4) is 0 Å². The summed E-state index contributed by atoms with van der Waals surface area (Å²) in [6.45, 7) is 6.66. The summed E-state index contributed by atoms with van der Waals surface area (Å²) in [4.78, 5) is 27.8. The van der Waals surface area contributed by atoms with Crippen LogP contribution >= 0.6 is 11.6 Å². The van der Waals surface area contributed by atoms with Gasteiger partial charge in [-0.15, -0.1) is 0 Å². The Hall–Kier alpha value is -2.58. The zero-order valence-electron chi connectivity index (χ0n) is 21.0. The Kier molecular flexibility index (Phi) is 11.0. The Morgan fingerprint density at radius 2 is 1.77 bits per heavy atom. The number of amides is 2. The van der Waals surface area contributed by atoms with E-state index >= 15 is 0 Å². The summed E-state index contributed by atoms with van der Waals surface area (Å²) in [6.07, 6.45) is 2.83. The molecule has 2 aromatic rings. The number of sulfonamides is 1. The molecule has 2 rings (SSSR count). The molecule has 35 heavy (non-hydrogen) atoms. The van der Waals surface area contributed by atoms with E-state index in [2.05, 4.69) is 5.32 Å². The summed E-state index contributed by atoms with van der Waals surface area (Å²) >= 11 is 6.11. The third-order valence-electron chi connectivity index (χ3n) is 5.72. The molecular weight excluding hydrogens is 486 g/mol. The second kappa shape index (κ2) is 13.5. The molecule has 0 aliphatic heterocycles. The fourth-order valence-corrected chi connectivity index (χ4v) is 5.08. The Bertz CT molecular complexity index is 1090. The van der Waals surface area contributed by atoms with Crippen LogP contribution in [0.5, 0.6) is 0 Å². The number of halogens is 1. The van der Waals surface area contributed by atoms with E-state index in [-0.39, 0.29) is 24.8 Å².